The first kappa shape index (κ1) is 12.7. The van der Waals surface area contributed by atoms with E-state index in [0.717, 1.165) is 17.9 Å². The molecule has 0 bridgehead atoms. The number of aryl methyl sites for hydroxylation is 3. The molecule has 6 nitrogen and oxygen atoms in total. The standard InChI is InChI=1S/C14H18N6/c1-20-9-17-19-13(20)8-16-14(15)18-12-6-5-10-3-2-4-11(10)7-12/h5-7,9H,2-4,8H2,1H3,(H3,15,16,18). The topological polar surface area (TPSA) is 81.1 Å². The average molecular weight is 270 g/mol. The minimum Gasteiger partial charge on any atom is -0.370 e. The number of nitrogens with two attached hydrogens (primary N) is 1. The Morgan fingerprint density at radius 3 is 3.05 bits per heavy atom. The molecule has 104 valence electrons. The number of nitrogens with zero attached hydrogens (tertiary/aromatic N) is 4. The molecule has 3 rings (SSSR count). The van der Waals surface area contributed by atoms with Gasteiger partial charge in [0.25, 0.3) is 0 Å². The van der Waals surface area contributed by atoms with Crippen molar-refractivity contribution >= 4 is 11.6 Å². The Kier molecular flexibility index (Phi) is 3.37. The van der Waals surface area contributed by atoms with Crippen molar-refractivity contribution in [3.05, 3.63) is 41.5 Å². The van der Waals surface area contributed by atoms with Crippen LogP contribution < -0.4 is 11.1 Å². The van der Waals surface area contributed by atoms with Crippen molar-refractivity contribution in [2.24, 2.45) is 17.8 Å². The molecular weight excluding hydrogens is 252 g/mol. The summed E-state index contributed by atoms with van der Waals surface area (Å²) >= 11 is 0. The van der Waals surface area contributed by atoms with Crippen LogP contribution in [0.15, 0.2) is 29.5 Å². The summed E-state index contributed by atoms with van der Waals surface area (Å²) in [5, 5.41) is 10.9. The van der Waals surface area contributed by atoms with E-state index in [2.05, 4.69) is 38.7 Å². The average Bonchev–Trinajstić information content (AvgIpc) is 3.04. The van der Waals surface area contributed by atoms with Crippen LogP contribution in [0.3, 0.4) is 0 Å². The zero-order valence-electron chi connectivity index (χ0n) is 11.5. The Balaban J connectivity index is 1.66. The summed E-state index contributed by atoms with van der Waals surface area (Å²) in [5.74, 6) is 1.18. The number of guanidine groups is 1. The lowest BCUT2D eigenvalue weighted by Gasteiger charge is -2.07. The number of rotatable bonds is 3. The van der Waals surface area contributed by atoms with Gasteiger partial charge in [-0.2, -0.15) is 0 Å². The fourth-order valence-corrected chi connectivity index (χ4v) is 2.44. The smallest absolute Gasteiger partial charge is 0.193 e. The van der Waals surface area contributed by atoms with E-state index in [1.165, 1.54) is 24.0 Å². The van der Waals surface area contributed by atoms with E-state index < -0.39 is 0 Å². The second kappa shape index (κ2) is 5.32. The third-order valence-corrected chi connectivity index (χ3v) is 3.57. The Bertz CT molecular complexity index is 643. The van der Waals surface area contributed by atoms with Crippen LogP contribution in [0.25, 0.3) is 0 Å². The predicted molar refractivity (Wildman–Crippen MR) is 78.4 cm³/mol. The van der Waals surface area contributed by atoms with Crippen molar-refractivity contribution in [2.45, 2.75) is 25.8 Å². The Morgan fingerprint density at radius 1 is 1.40 bits per heavy atom. The molecule has 1 heterocycles. The molecule has 3 N–H and O–H groups in total. The quantitative estimate of drug-likeness (QED) is 0.649. The molecule has 0 unspecified atom stereocenters. The molecule has 0 atom stereocenters. The molecule has 1 aliphatic rings. The van der Waals surface area contributed by atoms with Gasteiger partial charge in [-0.3, -0.25) is 0 Å². The number of hydrogen-bond acceptors (Lipinski definition) is 3. The summed E-state index contributed by atoms with van der Waals surface area (Å²) in [4.78, 5) is 4.28. The van der Waals surface area contributed by atoms with Gasteiger partial charge in [0, 0.05) is 12.7 Å². The van der Waals surface area contributed by atoms with Crippen molar-refractivity contribution in [1.82, 2.24) is 14.8 Å². The van der Waals surface area contributed by atoms with E-state index in [1.54, 1.807) is 6.33 Å². The van der Waals surface area contributed by atoms with Crippen LogP contribution >= 0.6 is 0 Å². The molecule has 0 fully saturated rings. The number of fused-ring (bicyclic) bond motifs is 1. The maximum atomic E-state index is 5.90. The minimum absolute atomic E-state index is 0.394. The van der Waals surface area contributed by atoms with E-state index in [1.807, 2.05) is 11.6 Å². The lowest BCUT2D eigenvalue weighted by Crippen LogP contribution is -2.23. The van der Waals surface area contributed by atoms with Gasteiger partial charge in [0.15, 0.2) is 11.8 Å². The molecule has 0 aliphatic heterocycles. The molecule has 1 aromatic carbocycles. The van der Waals surface area contributed by atoms with Gasteiger partial charge in [0.1, 0.15) is 12.9 Å². The molecule has 0 radical (unpaired) electrons. The van der Waals surface area contributed by atoms with Gasteiger partial charge in [-0.15, -0.1) is 10.2 Å². The van der Waals surface area contributed by atoms with Gasteiger partial charge in [-0.05, 0) is 42.5 Å². The van der Waals surface area contributed by atoms with Crippen LogP contribution in [0.5, 0.6) is 0 Å². The Labute approximate surface area is 117 Å². The number of aromatic nitrogens is 3. The summed E-state index contributed by atoms with van der Waals surface area (Å²) in [6.07, 6.45) is 5.23. The molecule has 0 saturated heterocycles. The van der Waals surface area contributed by atoms with Crippen molar-refractivity contribution in [2.75, 3.05) is 5.32 Å². The van der Waals surface area contributed by atoms with Crippen LogP contribution in [0, 0.1) is 0 Å². The predicted octanol–water partition coefficient (Wildman–Crippen LogP) is 1.23. The highest BCUT2D eigenvalue weighted by atomic mass is 15.3. The van der Waals surface area contributed by atoms with Gasteiger partial charge < -0.3 is 15.6 Å². The van der Waals surface area contributed by atoms with E-state index in [4.69, 9.17) is 5.73 Å². The molecule has 0 saturated carbocycles. The van der Waals surface area contributed by atoms with E-state index in [0.29, 0.717) is 12.5 Å². The van der Waals surface area contributed by atoms with Gasteiger partial charge in [-0.25, -0.2) is 4.99 Å². The van der Waals surface area contributed by atoms with Crippen molar-refractivity contribution in [3.63, 3.8) is 0 Å². The number of anilines is 1. The maximum absolute atomic E-state index is 5.90. The van der Waals surface area contributed by atoms with Crippen LogP contribution in [0.4, 0.5) is 5.69 Å². The maximum Gasteiger partial charge on any atom is 0.193 e. The van der Waals surface area contributed by atoms with Gasteiger partial charge in [-0.1, -0.05) is 6.07 Å². The summed E-state index contributed by atoms with van der Waals surface area (Å²) in [7, 11) is 1.88. The van der Waals surface area contributed by atoms with Crippen LogP contribution in [-0.2, 0) is 26.4 Å². The van der Waals surface area contributed by atoms with E-state index in [-0.39, 0.29) is 0 Å². The van der Waals surface area contributed by atoms with E-state index in [9.17, 15) is 0 Å². The fraction of sp³-hybridized carbons (Fsp3) is 0.357. The number of nitrogens with one attached hydrogen (secondary N) is 1. The summed E-state index contributed by atoms with van der Waals surface area (Å²) in [6.45, 7) is 0.417. The highest BCUT2D eigenvalue weighted by Gasteiger charge is 2.10. The molecule has 2 aromatic rings. The second-order valence-corrected chi connectivity index (χ2v) is 5.02. The molecule has 0 spiro atoms. The van der Waals surface area contributed by atoms with Gasteiger partial charge in [0.2, 0.25) is 0 Å². The Morgan fingerprint density at radius 2 is 2.25 bits per heavy atom. The zero-order chi connectivity index (χ0) is 13.9. The largest absolute Gasteiger partial charge is 0.370 e. The first-order valence-corrected chi connectivity index (χ1v) is 6.74. The highest BCUT2D eigenvalue weighted by Crippen LogP contribution is 2.24. The summed E-state index contributed by atoms with van der Waals surface area (Å²) in [6, 6.07) is 6.38. The first-order chi connectivity index (χ1) is 9.72. The Hall–Kier alpha value is -2.37. The van der Waals surface area contributed by atoms with Crippen molar-refractivity contribution < 1.29 is 0 Å². The van der Waals surface area contributed by atoms with Crippen LogP contribution in [0.2, 0.25) is 0 Å². The molecular formula is C14H18N6. The van der Waals surface area contributed by atoms with E-state index >= 15 is 0 Å². The number of aliphatic imine (C=N–C) groups is 1. The fourth-order valence-electron chi connectivity index (χ4n) is 2.44. The normalized spacial score (nSPS) is 14.3. The lowest BCUT2D eigenvalue weighted by atomic mass is 10.1. The molecule has 1 aliphatic carbocycles. The number of benzene rings is 1. The molecule has 20 heavy (non-hydrogen) atoms. The second-order valence-electron chi connectivity index (χ2n) is 5.02. The molecule has 6 heteroatoms. The van der Waals surface area contributed by atoms with Crippen molar-refractivity contribution in [1.29, 1.82) is 0 Å². The minimum atomic E-state index is 0.394. The third kappa shape index (κ3) is 2.64. The van der Waals surface area contributed by atoms with Gasteiger partial charge in [0.05, 0.1) is 0 Å². The third-order valence-electron chi connectivity index (χ3n) is 3.57. The summed E-state index contributed by atoms with van der Waals surface area (Å²) in [5.41, 5.74) is 9.75. The zero-order valence-corrected chi connectivity index (χ0v) is 11.5. The highest BCUT2D eigenvalue weighted by molar-refractivity contribution is 5.92. The van der Waals surface area contributed by atoms with Crippen molar-refractivity contribution in [3.8, 4) is 0 Å². The van der Waals surface area contributed by atoms with Crippen LogP contribution in [-0.4, -0.2) is 20.7 Å². The van der Waals surface area contributed by atoms with Crippen LogP contribution in [0.1, 0.15) is 23.4 Å². The lowest BCUT2D eigenvalue weighted by molar-refractivity contribution is 0.792. The molecule has 1 aromatic heterocycles. The van der Waals surface area contributed by atoms with Gasteiger partial charge >= 0.3 is 0 Å². The SMILES string of the molecule is Cn1cnnc1CN=C(N)Nc1ccc2c(c1)CCC2. The number of hydrogen-bond donors (Lipinski definition) is 2. The first-order valence-electron chi connectivity index (χ1n) is 6.74. The summed E-state index contributed by atoms with van der Waals surface area (Å²) < 4.78 is 1.83. The molecule has 0 amide bonds. The monoisotopic (exact) mass is 270 g/mol.